The van der Waals surface area contributed by atoms with Crippen molar-refractivity contribution >= 4 is 28.2 Å². The minimum Gasteiger partial charge on any atom is -0.361 e. The summed E-state index contributed by atoms with van der Waals surface area (Å²) >= 11 is 0. The Balaban J connectivity index is 1.97. The fraction of sp³-hybridized carbons (Fsp3) is 0.333. The average Bonchev–Trinajstić information content (AvgIpc) is 3.10. The maximum atomic E-state index is 13.2. The van der Waals surface area contributed by atoms with E-state index < -0.39 is 10.5 Å². The van der Waals surface area contributed by atoms with Gasteiger partial charge in [0.1, 0.15) is 6.54 Å². The summed E-state index contributed by atoms with van der Waals surface area (Å²) in [5.41, 5.74) is 1.01. The molecule has 0 saturated carbocycles. The van der Waals surface area contributed by atoms with Gasteiger partial charge in [-0.2, -0.15) is 0 Å². The second-order valence-corrected chi connectivity index (χ2v) is 7.60. The summed E-state index contributed by atoms with van der Waals surface area (Å²) in [6.07, 6.45) is 3.72. The number of nitro groups is 1. The van der Waals surface area contributed by atoms with Gasteiger partial charge < -0.3 is 9.88 Å². The molecule has 29 heavy (non-hydrogen) atoms. The Hall–Kier alpha value is -3.42. The number of benzene rings is 1. The molecule has 1 N–H and O–H groups in total. The van der Waals surface area contributed by atoms with E-state index in [-0.39, 0.29) is 24.2 Å². The lowest BCUT2D eigenvalue weighted by Crippen LogP contribution is -2.42. The van der Waals surface area contributed by atoms with Crippen molar-refractivity contribution in [3.63, 3.8) is 0 Å². The van der Waals surface area contributed by atoms with Crippen LogP contribution < -0.4 is 10.5 Å². The van der Waals surface area contributed by atoms with E-state index in [1.165, 1.54) is 0 Å². The molecule has 0 aliphatic rings. The number of aromatic amines is 1. The van der Waals surface area contributed by atoms with E-state index in [9.17, 15) is 19.7 Å². The molecule has 2 aromatic heterocycles. The number of amides is 1. The van der Waals surface area contributed by atoms with Crippen LogP contribution >= 0.6 is 0 Å². The van der Waals surface area contributed by atoms with E-state index >= 15 is 0 Å². The van der Waals surface area contributed by atoms with Gasteiger partial charge in [0.05, 0.1) is 11.1 Å². The molecule has 0 bridgehead atoms. The molecule has 1 unspecified atom stereocenters. The van der Waals surface area contributed by atoms with Crippen molar-refractivity contribution in [2.24, 2.45) is 5.92 Å². The molecule has 2 heterocycles. The van der Waals surface area contributed by atoms with Crippen molar-refractivity contribution in [1.29, 1.82) is 0 Å². The van der Waals surface area contributed by atoms with Crippen molar-refractivity contribution in [2.75, 3.05) is 4.90 Å². The number of anilines is 1. The zero-order valence-corrected chi connectivity index (χ0v) is 16.7. The van der Waals surface area contributed by atoms with E-state index in [4.69, 9.17) is 0 Å². The molecule has 152 valence electrons. The Morgan fingerprint density at radius 3 is 2.66 bits per heavy atom. The summed E-state index contributed by atoms with van der Waals surface area (Å²) in [4.78, 5) is 40.6. The van der Waals surface area contributed by atoms with Crippen LogP contribution in [-0.2, 0) is 11.3 Å². The van der Waals surface area contributed by atoms with Gasteiger partial charge in [-0.3, -0.25) is 24.3 Å². The number of nitrogens with zero attached hydrogens (tertiary/aromatic N) is 3. The molecule has 0 fully saturated rings. The first-order valence-electron chi connectivity index (χ1n) is 9.50. The summed E-state index contributed by atoms with van der Waals surface area (Å²) < 4.78 is 1.09. The molecule has 0 radical (unpaired) electrons. The van der Waals surface area contributed by atoms with E-state index in [1.807, 2.05) is 37.4 Å². The van der Waals surface area contributed by atoms with Crippen molar-refractivity contribution in [2.45, 2.75) is 39.8 Å². The second kappa shape index (κ2) is 8.30. The smallest absolute Gasteiger partial charge is 0.285 e. The van der Waals surface area contributed by atoms with Gasteiger partial charge >= 0.3 is 0 Å². The van der Waals surface area contributed by atoms with E-state index in [1.54, 1.807) is 4.90 Å². The Morgan fingerprint density at radius 1 is 1.21 bits per heavy atom. The minimum absolute atomic E-state index is 0.103. The number of carbonyl (C=O) groups excluding carboxylic acids is 1. The first kappa shape index (κ1) is 20.3. The summed E-state index contributed by atoms with van der Waals surface area (Å²) in [6.45, 7) is 5.86. The number of carbonyl (C=O) groups is 1. The first-order valence-corrected chi connectivity index (χ1v) is 9.50. The molecule has 0 aliphatic heterocycles. The van der Waals surface area contributed by atoms with Crippen LogP contribution in [0.1, 0.15) is 27.2 Å². The maximum absolute atomic E-state index is 13.2. The van der Waals surface area contributed by atoms with Gasteiger partial charge in [-0.25, -0.2) is 0 Å². The highest BCUT2D eigenvalue weighted by Gasteiger charge is 2.24. The molecule has 0 saturated heterocycles. The summed E-state index contributed by atoms with van der Waals surface area (Å²) in [6, 6.07) is 9.78. The van der Waals surface area contributed by atoms with Gasteiger partial charge in [0.15, 0.2) is 0 Å². The van der Waals surface area contributed by atoms with Crippen molar-refractivity contribution in [1.82, 2.24) is 9.55 Å². The van der Waals surface area contributed by atoms with Crippen LogP contribution in [0.4, 0.5) is 11.4 Å². The predicted octanol–water partition coefficient (Wildman–Crippen LogP) is 3.71. The molecule has 8 nitrogen and oxygen atoms in total. The highest BCUT2D eigenvalue weighted by Crippen LogP contribution is 2.26. The highest BCUT2D eigenvalue weighted by molar-refractivity contribution is 5.96. The number of rotatable bonds is 7. The van der Waals surface area contributed by atoms with Crippen molar-refractivity contribution in [3.8, 4) is 0 Å². The van der Waals surface area contributed by atoms with Gasteiger partial charge in [-0.1, -0.05) is 13.8 Å². The molecule has 3 rings (SSSR count). The third-order valence-corrected chi connectivity index (χ3v) is 4.82. The number of aromatic nitrogens is 2. The minimum atomic E-state index is -0.584. The molecule has 3 aromatic rings. The molecule has 0 aliphatic carbocycles. The molecule has 1 atom stereocenters. The van der Waals surface area contributed by atoms with Crippen molar-refractivity contribution in [3.05, 3.63) is 69.3 Å². The lowest BCUT2D eigenvalue weighted by molar-refractivity contribution is -0.385. The van der Waals surface area contributed by atoms with E-state index in [2.05, 4.69) is 18.8 Å². The van der Waals surface area contributed by atoms with Crippen LogP contribution in [0.15, 0.2) is 53.6 Å². The Labute approximate surface area is 167 Å². The second-order valence-electron chi connectivity index (χ2n) is 7.60. The van der Waals surface area contributed by atoms with Crippen LogP contribution in [0, 0.1) is 16.0 Å². The highest BCUT2D eigenvalue weighted by atomic mass is 16.6. The zero-order valence-electron chi connectivity index (χ0n) is 16.7. The first-order chi connectivity index (χ1) is 13.8. The van der Waals surface area contributed by atoms with Crippen LogP contribution in [-0.4, -0.2) is 26.4 Å². The summed E-state index contributed by atoms with van der Waals surface area (Å²) in [5, 5.41) is 12.0. The van der Waals surface area contributed by atoms with Crippen LogP contribution in [0.3, 0.4) is 0 Å². The Kier molecular flexibility index (Phi) is 5.81. The lowest BCUT2D eigenvalue weighted by atomic mass is 10.0. The fourth-order valence-corrected chi connectivity index (χ4v) is 3.59. The van der Waals surface area contributed by atoms with E-state index in [0.29, 0.717) is 5.92 Å². The number of nitrogens with one attached hydrogen (secondary N) is 1. The third-order valence-electron chi connectivity index (χ3n) is 4.82. The number of hydrogen-bond acceptors (Lipinski definition) is 4. The normalized spacial score (nSPS) is 12.3. The molecule has 8 heteroatoms. The number of hydrogen-bond donors (Lipinski definition) is 1. The van der Waals surface area contributed by atoms with Crippen LogP contribution in [0.25, 0.3) is 10.9 Å². The Bertz CT molecular complexity index is 1100. The quantitative estimate of drug-likeness (QED) is 0.486. The van der Waals surface area contributed by atoms with Crippen LogP contribution in [0.5, 0.6) is 0 Å². The molecular formula is C21H24N4O4. The predicted molar refractivity (Wildman–Crippen MR) is 112 cm³/mol. The van der Waals surface area contributed by atoms with Gasteiger partial charge in [-0.05, 0) is 43.5 Å². The molecular weight excluding hydrogens is 372 g/mol. The standard InChI is InChI=1S/C21H24N4O4/c1-14(2)10-15(3)24(17-4-6-19-16(11-17)8-9-22-19)21(27)13-23-12-18(25(28)29)5-7-20(23)26/h4-9,11-12,14-15,22H,10,13H2,1-3H3. The fourth-order valence-electron chi connectivity index (χ4n) is 3.59. The van der Waals surface area contributed by atoms with Gasteiger partial charge in [0.2, 0.25) is 5.91 Å². The van der Waals surface area contributed by atoms with Crippen molar-refractivity contribution < 1.29 is 9.72 Å². The molecule has 1 aromatic carbocycles. The molecule has 0 spiro atoms. The topological polar surface area (TPSA) is 101 Å². The van der Waals surface area contributed by atoms with Gasteiger partial charge in [0.25, 0.3) is 11.2 Å². The van der Waals surface area contributed by atoms with Gasteiger partial charge in [-0.15, -0.1) is 0 Å². The van der Waals surface area contributed by atoms with Crippen LogP contribution in [0.2, 0.25) is 0 Å². The largest absolute Gasteiger partial charge is 0.361 e. The molecule has 1 amide bonds. The lowest BCUT2D eigenvalue weighted by Gasteiger charge is -2.31. The van der Waals surface area contributed by atoms with Gasteiger partial charge in [0, 0.05) is 41.0 Å². The summed E-state index contributed by atoms with van der Waals surface area (Å²) in [5.74, 6) is 0.0764. The number of pyridine rings is 1. The number of H-pyrrole nitrogens is 1. The third kappa shape index (κ3) is 4.53. The van der Waals surface area contributed by atoms with E-state index in [0.717, 1.165) is 45.9 Å². The Morgan fingerprint density at radius 2 is 1.97 bits per heavy atom. The SMILES string of the molecule is CC(C)CC(C)N(C(=O)Cn1cc([N+](=O)[O-])ccc1=O)c1ccc2[nH]ccc2c1. The zero-order chi connectivity index (χ0) is 21.1. The number of fused-ring (bicyclic) bond motifs is 1. The maximum Gasteiger partial charge on any atom is 0.285 e. The monoisotopic (exact) mass is 396 g/mol. The average molecular weight is 396 g/mol. The summed E-state index contributed by atoms with van der Waals surface area (Å²) in [7, 11) is 0.